The van der Waals surface area contributed by atoms with E-state index in [9.17, 15) is 5.11 Å². The van der Waals surface area contributed by atoms with Crippen LogP contribution >= 0.6 is 15.9 Å². The molecule has 1 unspecified atom stereocenters. The van der Waals surface area contributed by atoms with E-state index in [1.807, 2.05) is 6.07 Å². The van der Waals surface area contributed by atoms with Crippen molar-refractivity contribution in [1.29, 1.82) is 0 Å². The number of phenolic OH excluding ortho intramolecular Hbond substituents is 1. The van der Waals surface area contributed by atoms with E-state index in [1.165, 1.54) is 0 Å². The number of rotatable bonds is 2. The SMILES string of the molecule is CC(O)Cc1ccc(Br)cc1O. The summed E-state index contributed by atoms with van der Waals surface area (Å²) in [5.41, 5.74) is 0.771. The van der Waals surface area contributed by atoms with Crippen molar-refractivity contribution in [1.82, 2.24) is 0 Å². The molecule has 0 saturated heterocycles. The highest BCUT2D eigenvalue weighted by molar-refractivity contribution is 9.10. The van der Waals surface area contributed by atoms with Crippen molar-refractivity contribution >= 4 is 15.9 Å². The Morgan fingerprint density at radius 1 is 1.50 bits per heavy atom. The molecule has 12 heavy (non-hydrogen) atoms. The van der Waals surface area contributed by atoms with Gasteiger partial charge < -0.3 is 10.2 Å². The molecule has 0 aromatic heterocycles. The summed E-state index contributed by atoms with van der Waals surface area (Å²) >= 11 is 3.24. The normalized spacial score (nSPS) is 12.9. The fraction of sp³-hybridized carbons (Fsp3) is 0.333. The standard InChI is InChI=1S/C9H11BrO2/c1-6(11)4-7-2-3-8(10)5-9(7)12/h2-3,5-6,11-12H,4H2,1H3. The van der Waals surface area contributed by atoms with Gasteiger partial charge in [-0.05, 0) is 24.6 Å². The van der Waals surface area contributed by atoms with Gasteiger partial charge >= 0.3 is 0 Å². The molecule has 2 N–H and O–H groups in total. The summed E-state index contributed by atoms with van der Waals surface area (Å²) in [4.78, 5) is 0. The highest BCUT2D eigenvalue weighted by atomic mass is 79.9. The topological polar surface area (TPSA) is 40.5 Å². The van der Waals surface area contributed by atoms with Gasteiger partial charge in [0.15, 0.2) is 0 Å². The molecule has 3 heteroatoms. The molecule has 0 radical (unpaired) electrons. The van der Waals surface area contributed by atoms with Gasteiger partial charge in [-0.1, -0.05) is 22.0 Å². The second kappa shape index (κ2) is 3.92. The van der Waals surface area contributed by atoms with E-state index in [0.29, 0.717) is 6.42 Å². The molecule has 1 atom stereocenters. The highest BCUT2D eigenvalue weighted by Crippen LogP contribution is 2.23. The lowest BCUT2D eigenvalue weighted by Crippen LogP contribution is -2.03. The molecule has 0 fully saturated rings. The van der Waals surface area contributed by atoms with E-state index >= 15 is 0 Å². The van der Waals surface area contributed by atoms with Gasteiger partial charge in [0.2, 0.25) is 0 Å². The Kier molecular flexibility index (Phi) is 3.12. The molecule has 66 valence electrons. The molecule has 0 aliphatic heterocycles. The van der Waals surface area contributed by atoms with Gasteiger partial charge in [0.25, 0.3) is 0 Å². The Bertz CT molecular complexity index is 271. The summed E-state index contributed by atoms with van der Waals surface area (Å²) in [7, 11) is 0. The molecule has 0 amide bonds. The number of hydrogen-bond acceptors (Lipinski definition) is 2. The van der Waals surface area contributed by atoms with Crippen molar-refractivity contribution in [3.63, 3.8) is 0 Å². The van der Waals surface area contributed by atoms with Gasteiger partial charge in [-0.25, -0.2) is 0 Å². The summed E-state index contributed by atoms with van der Waals surface area (Å²) in [6.45, 7) is 1.70. The first-order valence-electron chi connectivity index (χ1n) is 3.75. The summed E-state index contributed by atoms with van der Waals surface area (Å²) in [5.74, 6) is 0.227. The second-order valence-electron chi connectivity index (χ2n) is 2.83. The van der Waals surface area contributed by atoms with Crippen LogP contribution in [0.4, 0.5) is 0 Å². The lowest BCUT2D eigenvalue weighted by molar-refractivity contribution is 0.194. The molecular formula is C9H11BrO2. The van der Waals surface area contributed by atoms with Gasteiger partial charge in [0.05, 0.1) is 6.10 Å². The Hall–Kier alpha value is -0.540. The lowest BCUT2D eigenvalue weighted by Gasteiger charge is -2.06. The van der Waals surface area contributed by atoms with E-state index in [1.54, 1.807) is 19.1 Å². The Labute approximate surface area is 80.0 Å². The summed E-state index contributed by atoms with van der Waals surface area (Å²) in [5, 5.41) is 18.5. The average Bonchev–Trinajstić information content (AvgIpc) is 1.94. The van der Waals surface area contributed by atoms with Gasteiger partial charge in [0, 0.05) is 10.9 Å². The largest absolute Gasteiger partial charge is 0.508 e. The third-order valence-corrected chi connectivity index (χ3v) is 2.06. The van der Waals surface area contributed by atoms with E-state index < -0.39 is 6.10 Å². The molecular weight excluding hydrogens is 220 g/mol. The van der Waals surface area contributed by atoms with Crippen LogP contribution in [0.2, 0.25) is 0 Å². The smallest absolute Gasteiger partial charge is 0.119 e. The van der Waals surface area contributed by atoms with Crippen LogP contribution in [0.25, 0.3) is 0 Å². The van der Waals surface area contributed by atoms with Crippen molar-refractivity contribution in [3.8, 4) is 5.75 Å². The quantitative estimate of drug-likeness (QED) is 0.817. The zero-order valence-electron chi connectivity index (χ0n) is 6.79. The molecule has 0 heterocycles. The number of phenols is 1. The maximum Gasteiger partial charge on any atom is 0.119 e. The number of halogens is 1. The van der Waals surface area contributed by atoms with Crippen molar-refractivity contribution in [2.24, 2.45) is 0 Å². The van der Waals surface area contributed by atoms with Crippen LogP contribution in [0.3, 0.4) is 0 Å². The monoisotopic (exact) mass is 230 g/mol. The predicted octanol–water partition coefficient (Wildman–Crippen LogP) is 2.08. The first-order valence-corrected chi connectivity index (χ1v) is 4.54. The Balaban J connectivity index is 2.86. The Morgan fingerprint density at radius 3 is 2.67 bits per heavy atom. The fourth-order valence-electron chi connectivity index (χ4n) is 1.03. The number of hydrogen-bond donors (Lipinski definition) is 2. The number of aliphatic hydroxyl groups excluding tert-OH is 1. The summed E-state index contributed by atoms with van der Waals surface area (Å²) in [6.07, 6.45) is 0.0659. The molecule has 0 aliphatic rings. The Morgan fingerprint density at radius 2 is 2.17 bits per heavy atom. The van der Waals surface area contributed by atoms with Gasteiger partial charge in [0.1, 0.15) is 5.75 Å². The van der Waals surface area contributed by atoms with E-state index in [2.05, 4.69) is 15.9 Å². The zero-order chi connectivity index (χ0) is 9.14. The van der Waals surface area contributed by atoms with E-state index in [-0.39, 0.29) is 5.75 Å². The van der Waals surface area contributed by atoms with Gasteiger partial charge in [-0.15, -0.1) is 0 Å². The molecule has 0 bridgehead atoms. The third kappa shape index (κ3) is 2.50. The first-order chi connectivity index (χ1) is 5.59. The number of aromatic hydroxyl groups is 1. The predicted molar refractivity (Wildman–Crippen MR) is 51.2 cm³/mol. The first kappa shape index (κ1) is 9.55. The minimum absolute atomic E-state index is 0.227. The summed E-state index contributed by atoms with van der Waals surface area (Å²) < 4.78 is 0.842. The van der Waals surface area contributed by atoms with Crippen LogP contribution in [0.5, 0.6) is 5.75 Å². The number of benzene rings is 1. The van der Waals surface area contributed by atoms with Crippen LogP contribution in [0.15, 0.2) is 22.7 Å². The van der Waals surface area contributed by atoms with E-state index in [0.717, 1.165) is 10.0 Å². The minimum Gasteiger partial charge on any atom is -0.508 e. The maximum atomic E-state index is 9.40. The van der Waals surface area contributed by atoms with Crippen LogP contribution in [0, 0.1) is 0 Å². The molecule has 1 aromatic rings. The van der Waals surface area contributed by atoms with Crippen LogP contribution in [-0.4, -0.2) is 16.3 Å². The molecule has 0 spiro atoms. The van der Waals surface area contributed by atoms with E-state index in [4.69, 9.17) is 5.11 Å². The highest BCUT2D eigenvalue weighted by Gasteiger charge is 2.04. The molecule has 0 saturated carbocycles. The summed E-state index contributed by atoms with van der Waals surface area (Å²) in [6, 6.07) is 5.27. The van der Waals surface area contributed by atoms with Crippen molar-refractivity contribution in [2.75, 3.05) is 0 Å². The van der Waals surface area contributed by atoms with Crippen LogP contribution in [-0.2, 0) is 6.42 Å². The molecule has 1 rings (SSSR count). The fourth-order valence-corrected chi connectivity index (χ4v) is 1.38. The lowest BCUT2D eigenvalue weighted by atomic mass is 10.1. The zero-order valence-corrected chi connectivity index (χ0v) is 8.37. The van der Waals surface area contributed by atoms with Crippen molar-refractivity contribution in [2.45, 2.75) is 19.4 Å². The molecule has 0 aliphatic carbocycles. The maximum absolute atomic E-state index is 9.40. The number of aliphatic hydroxyl groups is 1. The van der Waals surface area contributed by atoms with Crippen molar-refractivity contribution in [3.05, 3.63) is 28.2 Å². The second-order valence-corrected chi connectivity index (χ2v) is 3.74. The minimum atomic E-state index is -0.419. The average molecular weight is 231 g/mol. The third-order valence-electron chi connectivity index (χ3n) is 1.56. The van der Waals surface area contributed by atoms with Gasteiger partial charge in [-0.2, -0.15) is 0 Å². The van der Waals surface area contributed by atoms with Crippen LogP contribution in [0.1, 0.15) is 12.5 Å². The molecule has 2 nitrogen and oxygen atoms in total. The molecule has 1 aromatic carbocycles. The van der Waals surface area contributed by atoms with Crippen molar-refractivity contribution < 1.29 is 10.2 Å². The van der Waals surface area contributed by atoms with Crippen LogP contribution < -0.4 is 0 Å². The van der Waals surface area contributed by atoms with Gasteiger partial charge in [-0.3, -0.25) is 0 Å².